The lowest BCUT2D eigenvalue weighted by atomic mass is 9.74. The maximum Gasteiger partial charge on any atom is 0.0681 e. The number of anilines is 1. The minimum atomic E-state index is -0.199. The summed E-state index contributed by atoms with van der Waals surface area (Å²) in [6.07, 6.45) is 3.36. The van der Waals surface area contributed by atoms with Gasteiger partial charge in [0.1, 0.15) is 0 Å². The summed E-state index contributed by atoms with van der Waals surface area (Å²) in [5.41, 5.74) is 9.55. The number of benzene rings is 1. The smallest absolute Gasteiger partial charge is 0.0681 e. The summed E-state index contributed by atoms with van der Waals surface area (Å²) in [7, 11) is 0. The Hall–Kier alpha value is -1.02. The molecule has 0 saturated heterocycles. The van der Waals surface area contributed by atoms with Gasteiger partial charge >= 0.3 is 0 Å². The second-order valence-corrected chi connectivity index (χ2v) is 5.95. The second kappa shape index (κ2) is 4.27. The van der Waals surface area contributed by atoms with Gasteiger partial charge in [-0.1, -0.05) is 38.8 Å². The van der Waals surface area contributed by atoms with Crippen molar-refractivity contribution in [3.05, 3.63) is 29.3 Å². The van der Waals surface area contributed by atoms with Crippen LogP contribution in [0.1, 0.15) is 56.1 Å². The molecule has 4 atom stereocenters. The van der Waals surface area contributed by atoms with Crippen LogP contribution < -0.4 is 5.73 Å². The molecule has 0 aromatic heterocycles. The Balaban J connectivity index is 2.01. The van der Waals surface area contributed by atoms with Crippen LogP contribution in [0.25, 0.3) is 0 Å². The molecule has 2 nitrogen and oxygen atoms in total. The molecule has 0 heterocycles. The Labute approximate surface area is 109 Å². The van der Waals surface area contributed by atoms with E-state index < -0.39 is 0 Å². The van der Waals surface area contributed by atoms with Crippen LogP contribution in [0.5, 0.6) is 0 Å². The number of fused-ring (bicyclic) bond motifs is 5. The molecule has 2 aliphatic rings. The second-order valence-electron chi connectivity index (χ2n) is 5.95. The van der Waals surface area contributed by atoms with Gasteiger partial charge in [-0.15, -0.1) is 0 Å². The Morgan fingerprint density at radius 1 is 1.33 bits per heavy atom. The lowest BCUT2D eigenvalue weighted by Crippen LogP contribution is -2.21. The average Bonchev–Trinajstić information content (AvgIpc) is 2.83. The Kier molecular flexibility index (Phi) is 2.86. The predicted octanol–water partition coefficient (Wildman–Crippen LogP) is 3.27. The predicted molar refractivity (Wildman–Crippen MR) is 74.5 cm³/mol. The van der Waals surface area contributed by atoms with Crippen LogP contribution in [-0.2, 0) is 0 Å². The highest BCUT2D eigenvalue weighted by Gasteiger charge is 2.52. The molecule has 0 aliphatic heterocycles. The Morgan fingerprint density at radius 3 is 2.72 bits per heavy atom. The molecule has 2 bridgehead atoms. The molecule has 0 radical (unpaired) electrons. The fourth-order valence-corrected chi connectivity index (χ4v) is 4.49. The third-order valence-corrected chi connectivity index (χ3v) is 5.33. The van der Waals surface area contributed by atoms with Crippen LogP contribution in [0, 0.1) is 11.8 Å². The van der Waals surface area contributed by atoms with Gasteiger partial charge in [0.05, 0.1) is 6.10 Å². The van der Waals surface area contributed by atoms with Gasteiger partial charge in [-0.05, 0) is 35.4 Å². The number of nitrogens with two attached hydrogens (primary N) is 1. The average molecular weight is 245 g/mol. The van der Waals surface area contributed by atoms with Gasteiger partial charge in [-0.3, -0.25) is 0 Å². The fourth-order valence-electron chi connectivity index (χ4n) is 4.49. The van der Waals surface area contributed by atoms with E-state index in [-0.39, 0.29) is 12.0 Å². The third kappa shape index (κ3) is 1.45. The highest BCUT2D eigenvalue weighted by molar-refractivity contribution is 5.59. The summed E-state index contributed by atoms with van der Waals surface area (Å²) in [5, 5.41) is 10.5. The van der Waals surface area contributed by atoms with E-state index in [1.54, 1.807) is 0 Å². The maximum atomic E-state index is 10.5. The van der Waals surface area contributed by atoms with Crippen LogP contribution in [0.3, 0.4) is 0 Å². The van der Waals surface area contributed by atoms with Gasteiger partial charge < -0.3 is 10.8 Å². The van der Waals surface area contributed by atoms with Crippen LogP contribution in [0.4, 0.5) is 5.69 Å². The van der Waals surface area contributed by atoms with E-state index in [0.717, 1.165) is 18.0 Å². The third-order valence-electron chi connectivity index (χ3n) is 5.33. The molecule has 0 spiro atoms. The highest BCUT2D eigenvalue weighted by atomic mass is 16.3. The standard InChI is InChI=1S/C16H23NO/c1-3-9(4-2)11-8-12-14-10(15(11)16(12)18)6-5-7-13(14)17/h5-7,9,11-12,15-16,18H,3-4,8,17H2,1-2H3. The van der Waals surface area contributed by atoms with Gasteiger partial charge in [0, 0.05) is 17.5 Å². The number of hydrogen-bond donors (Lipinski definition) is 2. The molecule has 4 unspecified atom stereocenters. The normalized spacial score (nSPS) is 33.1. The van der Waals surface area contributed by atoms with Crippen molar-refractivity contribution in [2.45, 2.75) is 51.0 Å². The summed E-state index contributed by atoms with van der Waals surface area (Å²) < 4.78 is 0. The molecule has 1 aromatic rings. The number of rotatable bonds is 3. The Bertz CT molecular complexity index is 452. The molecule has 98 valence electrons. The lowest BCUT2D eigenvalue weighted by molar-refractivity contribution is 0.144. The molecule has 18 heavy (non-hydrogen) atoms. The molecule has 2 heteroatoms. The zero-order chi connectivity index (χ0) is 12.9. The van der Waals surface area contributed by atoms with E-state index in [9.17, 15) is 5.11 Å². The van der Waals surface area contributed by atoms with Crippen LogP contribution in [0.15, 0.2) is 18.2 Å². The summed E-state index contributed by atoms with van der Waals surface area (Å²) in [6, 6.07) is 6.18. The van der Waals surface area contributed by atoms with Crippen molar-refractivity contribution in [1.82, 2.24) is 0 Å². The zero-order valence-electron chi connectivity index (χ0n) is 11.3. The molecule has 3 rings (SSSR count). The van der Waals surface area contributed by atoms with Crippen molar-refractivity contribution in [3.8, 4) is 0 Å². The van der Waals surface area contributed by atoms with Gasteiger partial charge in [0.25, 0.3) is 0 Å². The van der Waals surface area contributed by atoms with Gasteiger partial charge in [-0.25, -0.2) is 0 Å². The van der Waals surface area contributed by atoms with Crippen LogP contribution in [-0.4, -0.2) is 11.2 Å². The first-order valence-corrected chi connectivity index (χ1v) is 7.25. The minimum absolute atomic E-state index is 0.199. The number of aliphatic hydroxyl groups is 1. The van der Waals surface area contributed by atoms with E-state index in [2.05, 4.69) is 19.9 Å². The minimum Gasteiger partial charge on any atom is -0.398 e. The molecule has 0 amide bonds. The summed E-state index contributed by atoms with van der Waals surface area (Å²) in [6.45, 7) is 4.54. The summed E-state index contributed by atoms with van der Waals surface area (Å²) in [4.78, 5) is 0. The van der Waals surface area contributed by atoms with E-state index >= 15 is 0 Å². The molecule has 2 aliphatic carbocycles. The van der Waals surface area contributed by atoms with Crippen LogP contribution >= 0.6 is 0 Å². The van der Waals surface area contributed by atoms with Crippen molar-refractivity contribution in [2.75, 3.05) is 5.73 Å². The van der Waals surface area contributed by atoms with Gasteiger partial charge in [0.2, 0.25) is 0 Å². The first-order chi connectivity index (χ1) is 8.69. The molecular formula is C16H23NO. The lowest BCUT2D eigenvalue weighted by Gasteiger charge is -2.30. The maximum absolute atomic E-state index is 10.5. The highest BCUT2D eigenvalue weighted by Crippen LogP contribution is 2.60. The molecule has 1 fully saturated rings. The van der Waals surface area contributed by atoms with Crippen molar-refractivity contribution in [1.29, 1.82) is 0 Å². The number of aliphatic hydroxyl groups excluding tert-OH is 1. The number of hydrogen-bond acceptors (Lipinski definition) is 2. The first-order valence-electron chi connectivity index (χ1n) is 7.25. The Morgan fingerprint density at radius 2 is 2.06 bits per heavy atom. The van der Waals surface area contributed by atoms with E-state index in [0.29, 0.717) is 11.8 Å². The summed E-state index contributed by atoms with van der Waals surface area (Å²) in [5.74, 6) is 2.01. The van der Waals surface area contributed by atoms with E-state index in [4.69, 9.17) is 5.73 Å². The molecule has 1 saturated carbocycles. The molecule has 3 N–H and O–H groups in total. The SMILES string of the molecule is CCC(CC)C1CC2c3c(N)cccc3C1C2O. The van der Waals surface area contributed by atoms with E-state index in [1.807, 2.05) is 12.1 Å². The first kappa shape index (κ1) is 12.0. The van der Waals surface area contributed by atoms with Crippen LogP contribution in [0.2, 0.25) is 0 Å². The van der Waals surface area contributed by atoms with Crippen molar-refractivity contribution in [3.63, 3.8) is 0 Å². The van der Waals surface area contributed by atoms with Crippen molar-refractivity contribution >= 4 is 5.69 Å². The number of nitrogen functional groups attached to an aromatic ring is 1. The van der Waals surface area contributed by atoms with Crippen molar-refractivity contribution < 1.29 is 5.11 Å². The van der Waals surface area contributed by atoms with Crippen molar-refractivity contribution in [2.24, 2.45) is 11.8 Å². The molecular weight excluding hydrogens is 222 g/mol. The summed E-state index contributed by atoms with van der Waals surface area (Å²) >= 11 is 0. The topological polar surface area (TPSA) is 46.2 Å². The van der Waals surface area contributed by atoms with E-state index in [1.165, 1.54) is 24.0 Å². The zero-order valence-corrected chi connectivity index (χ0v) is 11.3. The fraction of sp³-hybridized carbons (Fsp3) is 0.625. The molecule has 1 aromatic carbocycles. The largest absolute Gasteiger partial charge is 0.398 e. The monoisotopic (exact) mass is 245 g/mol. The quantitative estimate of drug-likeness (QED) is 0.803. The van der Waals surface area contributed by atoms with Gasteiger partial charge in [-0.2, -0.15) is 0 Å². The van der Waals surface area contributed by atoms with Gasteiger partial charge in [0.15, 0.2) is 0 Å².